The van der Waals surface area contributed by atoms with Crippen molar-refractivity contribution in [1.29, 1.82) is 0 Å². The Hall–Kier alpha value is -3.14. The first kappa shape index (κ1) is 12.6. The number of aromatic amines is 1. The minimum absolute atomic E-state index is 0.183. The number of H-pyrrole nitrogens is 1. The molecule has 0 bridgehead atoms. The Balaban J connectivity index is 1.81. The van der Waals surface area contributed by atoms with Crippen LogP contribution in [0.4, 0.5) is 0 Å². The van der Waals surface area contributed by atoms with E-state index in [0.717, 1.165) is 16.7 Å². The predicted molar refractivity (Wildman–Crippen MR) is 86.7 cm³/mol. The fourth-order valence-corrected chi connectivity index (χ4v) is 2.62. The Morgan fingerprint density at radius 3 is 2.32 bits per heavy atom. The summed E-state index contributed by atoms with van der Waals surface area (Å²) in [4.78, 5) is 18.8. The third kappa shape index (κ3) is 2.02. The minimum Gasteiger partial charge on any atom is -0.313 e. The molecular formula is C18H13N3O. The summed E-state index contributed by atoms with van der Waals surface area (Å²) in [6, 6.07) is 18.5. The highest BCUT2D eigenvalue weighted by atomic mass is 16.1. The normalized spacial score (nSPS) is 10.9. The maximum absolute atomic E-state index is 11.7. The third-order valence-corrected chi connectivity index (χ3v) is 3.74. The third-order valence-electron chi connectivity index (χ3n) is 3.74. The summed E-state index contributed by atoms with van der Waals surface area (Å²) < 4.78 is 1.51. The Morgan fingerprint density at radius 1 is 0.864 bits per heavy atom. The first-order valence-corrected chi connectivity index (χ1v) is 7.03. The van der Waals surface area contributed by atoms with Gasteiger partial charge in [-0.25, -0.2) is 9.78 Å². The predicted octanol–water partition coefficient (Wildman–Crippen LogP) is 3.36. The number of aromatic nitrogens is 3. The van der Waals surface area contributed by atoms with Gasteiger partial charge in [0.25, 0.3) is 0 Å². The van der Waals surface area contributed by atoms with E-state index in [2.05, 4.69) is 34.2 Å². The molecule has 2 aromatic heterocycles. The molecule has 0 radical (unpaired) electrons. The average molecular weight is 287 g/mol. The van der Waals surface area contributed by atoms with Crippen molar-refractivity contribution in [1.82, 2.24) is 14.4 Å². The first-order valence-electron chi connectivity index (χ1n) is 7.03. The Morgan fingerprint density at radius 2 is 1.55 bits per heavy atom. The molecule has 4 heteroatoms. The fraction of sp³-hybridized carbons (Fsp3) is 0. The molecule has 0 aliphatic rings. The van der Waals surface area contributed by atoms with Gasteiger partial charge in [0.15, 0.2) is 0 Å². The van der Waals surface area contributed by atoms with Crippen molar-refractivity contribution in [2.24, 2.45) is 0 Å². The molecular weight excluding hydrogens is 274 g/mol. The molecule has 0 saturated carbocycles. The average Bonchev–Trinajstić information content (AvgIpc) is 3.07. The summed E-state index contributed by atoms with van der Waals surface area (Å²) in [5, 5.41) is 0. The van der Waals surface area contributed by atoms with Crippen LogP contribution < -0.4 is 5.69 Å². The molecule has 0 spiro atoms. The zero-order valence-corrected chi connectivity index (χ0v) is 11.7. The van der Waals surface area contributed by atoms with E-state index in [1.54, 1.807) is 18.6 Å². The smallest absolute Gasteiger partial charge is 0.313 e. The number of nitrogens with zero attached hydrogens (tertiary/aromatic N) is 2. The summed E-state index contributed by atoms with van der Waals surface area (Å²) in [5.74, 6) is 0. The molecule has 106 valence electrons. The molecule has 0 aliphatic heterocycles. The van der Waals surface area contributed by atoms with E-state index in [1.807, 2.05) is 30.3 Å². The number of nitrogens with one attached hydrogen (secondary N) is 1. The maximum atomic E-state index is 11.7. The van der Waals surface area contributed by atoms with Crippen molar-refractivity contribution >= 4 is 5.65 Å². The number of fused-ring (bicyclic) bond motifs is 1. The summed E-state index contributed by atoms with van der Waals surface area (Å²) in [5.41, 5.74) is 4.75. The topological polar surface area (TPSA) is 50.2 Å². The monoisotopic (exact) mass is 287 g/mol. The quantitative estimate of drug-likeness (QED) is 0.614. The van der Waals surface area contributed by atoms with Crippen molar-refractivity contribution in [2.75, 3.05) is 0 Å². The van der Waals surface area contributed by atoms with Gasteiger partial charge in [-0.3, -0.25) is 4.40 Å². The van der Waals surface area contributed by atoms with Crippen LogP contribution >= 0.6 is 0 Å². The van der Waals surface area contributed by atoms with Crippen molar-refractivity contribution in [3.63, 3.8) is 0 Å². The van der Waals surface area contributed by atoms with Crippen LogP contribution in [0.3, 0.4) is 0 Å². The van der Waals surface area contributed by atoms with Crippen LogP contribution in [0, 0.1) is 0 Å². The highest BCUT2D eigenvalue weighted by Gasteiger charge is 2.07. The van der Waals surface area contributed by atoms with Gasteiger partial charge >= 0.3 is 5.69 Å². The second-order valence-corrected chi connectivity index (χ2v) is 5.07. The van der Waals surface area contributed by atoms with Crippen LogP contribution in [-0.4, -0.2) is 14.4 Å². The molecule has 4 nitrogen and oxygen atoms in total. The van der Waals surface area contributed by atoms with Gasteiger partial charge in [-0.05, 0) is 16.7 Å². The highest BCUT2D eigenvalue weighted by molar-refractivity contribution is 5.78. The van der Waals surface area contributed by atoms with Gasteiger partial charge in [-0.2, -0.15) is 0 Å². The number of hydrogen-bond donors (Lipinski definition) is 1. The summed E-state index contributed by atoms with van der Waals surface area (Å²) in [6.45, 7) is 0. The van der Waals surface area contributed by atoms with Crippen LogP contribution in [0.1, 0.15) is 0 Å². The second kappa shape index (κ2) is 5.00. The Kier molecular flexibility index (Phi) is 2.86. The lowest BCUT2D eigenvalue weighted by molar-refractivity contribution is 1.01. The number of rotatable bonds is 2. The van der Waals surface area contributed by atoms with Crippen LogP contribution in [0.5, 0.6) is 0 Å². The number of hydrogen-bond acceptors (Lipinski definition) is 2. The van der Waals surface area contributed by atoms with Gasteiger partial charge in [-0.1, -0.05) is 54.6 Å². The van der Waals surface area contributed by atoms with E-state index in [-0.39, 0.29) is 5.69 Å². The Bertz CT molecular complexity index is 982. The van der Waals surface area contributed by atoms with E-state index in [4.69, 9.17) is 0 Å². The van der Waals surface area contributed by atoms with Crippen molar-refractivity contribution in [3.8, 4) is 22.3 Å². The molecule has 0 fully saturated rings. The molecule has 0 saturated heterocycles. The summed E-state index contributed by atoms with van der Waals surface area (Å²) in [6.07, 6.45) is 5.00. The zero-order valence-electron chi connectivity index (χ0n) is 11.7. The molecule has 0 unspecified atom stereocenters. The molecule has 4 rings (SSSR count). The molecule has 2 heterocycles. The zero-order chi connectivity index (χ0) is 14.9. The van der Waals surface area contributed by atoms with E-state index in [1.165, 1.54) is 9.96 Å². The highest BCUT2D eigenvalue weighted by Crippen LogP contribution is 2.25. The van der Waals surface area contributed by atoms with E-state index in [9.17, 15) is 4.79 Å². The maximum Gasteiger partial charge on any atom is 0.331 e. The van der Waals surface area contributed by atoms with Gasteiger partial charge in [0.1, 0.15) is 5.65 Å². The molecule has 22 heavy (non-hydrogen) atoms. The largest absolute Gasteiger partial charge is 0.331 e. The van der Waals surface area contributed by atoms with Gasteiger partial charge in [0, 0.05) is 24.2 Å². The fourth-order valence-electron chi connectivity index (χ4n) is 2.62. The SMILES string of the molecule is O=c1[nH]cc(-c2ccc(-c3ccccc3)cc2)c2nccn12. The molecule has 0 amide bonds. The van der Waals surface area contributed by atoms with E-state index in [0.29, 0.717) is 5.65 Å². The van der Waals surface area contributed by atoms with E-state index < -0.39 is 0 Å². The number of imidazole rings is 1. The standard InChI is InChI=1S/C18H13N3O/c22-18-20-12-16(17-19-10-11-21(17)18)15-8-6-14(7-9-15)13-4-2-1-3-5-13/h1-12H,(H,20,22). The van der Waals surface area contributed by atoms with E-state index >= 15 is 0 Å². The van der Waals surface area contributed by atoms with Crippen LogP contribution in [0.25, 0.3) is 27.9 Å². The molecule has 1 N–H and O–H groups in total. The van der Waals surface area contributed by atoms with Crippen molar-refractivity contribution in [3.05, 3.63) is 83.7 Å². The summed E-state index contributed by atoms with van der Waals surface area (Å²) in [7, 11) is 0. The lowest BCUT2D eigenvalue weighted by Gasteiger charge is -2.06. The molecule has 0 atom stereocenters. The van der Waals surface area contributed by atoms with Crippen LogP contribution in [-0.2, 0) is 0 Å². The van der Waals surface area contributed by atoms with Crippen LogP contribution in [0.2, 0.25) is 0 Å². The minimum atomic E-state index is -0.183. The van der Waals surface area contributed by atoms with Crippen molar-refractivity contribution in [2.45, 2.75) is 0 Å². The molecule has 0 aliphatic carbocycles. The lowest BCUT2D eigenvalue weighted by Crippen LogP contribution is -2.15. The lowest BCUT2D eigenvalue weighted by atomic mass is 10.0. The molecule has 4 aromatic rings. The number of benzene rings is 2. The van der Waals surface area contributed by atoms with Gasteiger partial charge in [0.05, 0.1) is 0 Å². The first-order chi connectivity index (χ1) is 10.8. The van der Waals surface area contributed by atoms with Crippen molar-refractivity contribution < 1.29 is 0 Å². The van der Waals surface area contributed by atoms with Crippen LogP contribution in [0.15, 0.2) is 78.0 Å². The second-order valence-electron chi connectivity index (χ2n) is 5.07. The Labute approximate surface area is 126 Å². The van der Waals surface area contributed by atoms with Gasteiger partial charge < -0.3 is 4.98 Å². The van der Waals surface area contributed by atoms with Gasteiger partial charge in [0.2, 0.25) is 0 Å². The molecule has 2 aromatic carbocycles. The van der Waals surface area contributed by atoms with Gasteiger partial charge in [-0.15, -0.1) is 0 Å². The summed E-state index contributed by atoms with van der Waals surface area (Å²) >= 11 is 0.